The Hall–Kier alpha value is -2.63. The molecule has 32 heavy (non-hydrogen) atoms. The van der Waals surface area contributed by atoms with Gasteiger partial charge in [-0.05, 0) is 56.2 Å². The van der Waals surface area contributed by atoms with Crippen LogP contribution in [0.4, 0.5) is 5.82 Å². The number of anilines is 1. The molecule has 1 aromatic heterocycles. The second kappa shape index (κ2) is 9.88. The number of benzene rings is 2. The highest BCUT2D eigenvalue weighted by Crippen LogP contribution is 2.26. The summed E-state index contributed by atoms with van der Waals surface area (Å²) in [5.41, 5.74) is 3.90. The third-order valence-electron chi connectivity index (χ3n) is 5.75. The number of aromatic nitrogens is 2. The van der Waals surface area contributed by atoms with Crippen LogP contribution in [0.25, 0.3) is 0 Å². The largest absolute Gasteiger partial charge is 0.354 e. The Balaban J connectivity index is 1.56. The molecule has 0 N–H and O–H groups in total. The highest BCUT2D eigenvalue weighted by atomic mass is 35.5. The van der Waals surface area contributed by atoms with Crippen LogP contribution in [-0.4, -0.2) is 47.0 Å². The number of halogens is 2. The van der Waals surface area contributed by atoms with Gasteiger partial charge >= 0.3 is 0 Å². The number of nitrogens with zero attached hydrogens (tertiary/aromatic N) is 4. The van der Waals surface area contributed by atoms with Crippen LogP contribution in [0, 0.1) is 13.8 Å². The summed E-state index contributed by atoms with van der Waals surface area (Å²) in [4.78, 5) is 26.6. The zero-order chi connectivity index (χ0) is 22.7. The Morgan fingerprint density at radius 1 is 0.938 bits per heavy atom. The molecular formula is C25H26Cl2N4O. The average Bonchev–Trinajstić information content (AvgIpc) is 3.02. The van der Waals surface area contributed by atoms with Crippen molar-refractivity contribution in [3.63, 3.8) is 0 Å². The zero-order valence-corrected chi connectivity index (χ0v) is 19.8. The maximum absolute atomic E-state index is 13.0. The molecule has 5 nitrogen and oxygen atoms in total. The van der Waals surface area contributed by atoms with E-state index >= 15 is 0 Å². The molecule has 0 saturated carbocycles. The van der Waals surface area contributed by atoms with Crippen LogP contribution in [0.5, 0.6) is 0 Å². The second-order valence-electron chi connectivity index (χ2n) is 8.10. The van der Waals surface area contributed by atoms with Gasteiger partial charge < -0.3 is 9.80 Å². The highest BCUT2D eigenvalue weighted by molar-refractivity contribution is 6.31. The van der Waals surface area contributed by atoms with Crippen LogP contribution >= 0.6 is 23.2 Å². The van der Waals surface area contributed by atoms with Crippen molar-refractivity contribution >= 4 is 34.9 Å². The van der Waals surface area contributed by atoms with Gasteiger partial charge in [0.05, 0.1) is 0 Å². The standard InChI is InChI=1S/C25H26Cl2N4O/c1-17-23(15-19-7-9-21(26)10-8-19)24(29-18(2)28-17)30-11-4-12-31(14-13-30)25(32)20-5-3-6-22(27)16-20/h3,5-10,16H,4,11-15H2,1-2H3. The normalized spacial score (nSPS) is 14.4. The van der Waals surface area contributed by atoms with Crippen LogP contribution < -0.4 is 4.90 Å². The second-order valence-corrected chi connectivity index (χ2v) is 8.98. The first kappa shape index (κ1) is 22.6. The Labute approximate surface area is 199 Å². The van der Waals surface area contributed by atoms with Crippen LogP contribution in [-0.2, 0) is 6.42 Å². The van der Waals surface area contributed by atoms with Crippen molar-refractivity contribution in [3.8, 4) is 0 Å². The van der Waals surface area contributed by atoms with Crippen LogP contribution in [0.2, 0.25) is 10.0 Å². The Morgan fingerprint density at radius 3 is 2.47 bits per heavy atom. The van der Waals surface area contributed by atoms with Gasteiger partial charge in [0, 0.05) is 59.5 Å². The van der Waals surface area contributed by atoms with E-state index in [4.69, 9.17) is 28.2 Å². The number of hydrogen-bond acceptors (Lipinski definition) is 4. The highest BCUT2D eigenvalue weighted by Gasteiger charge is 2.24. The zero-order valence-electron chi connectivity index (χ0n) is 18.3. The van der Waals surface area contributed by atoms with Crippen molar-refractivity contribution in [3.05, 3.63) is 86.8 Å². The van der Waals surface area contributed by atoms with E-state index < -0.39 is 0 Å². The van der Waals surface area contributed by atoms with E-state index in [9.17, 15) is 4.79 Å². The van der Waals surface area contributed by atoms with Gasteiger partial charge in [0.2, 0.25) is 0 Å². The topological polar surface area (TPSA) is 49.3 Å². The van der Waals surface area contributed by atoms with Gasteiger partial charge in [-0.2, -0.15) is 0 Å². The maximum Gasteiger partial charge on any atom is 0.253 e. The van der Waals surface area contributed by atoms with Crippen molar-refractivity contribution in [2.45, 2.75) is 26.7 Å². The molecule has 7 heteroatoms. The van der Waals surface area contributed by atoms with E-state index in [1.165, 1.54) is 5.56 Å². The minimum absolute atomic E-state index is 0.0192. The lowest BCUT2D eigenvalue weighted by molar-refractivity contribution is 0.0767. The molecule has 2 aromatic carbocycles. The van der Waals surface area contributed by atoms with E-state index in [0.29, 0.717) is 23.7 Å². The average molecular weight is 469 g/mol. The molecule has 0 unspecified atom stereocenters. The molecule has 1 saturated heterocycles. The molecule has 0 atom stereocenters. The molecule has 166 valence electrons. The fourth-order valence-corrected chi connectivity index (χ4v) is 4.45. The lowest BCUT2D eigenvalue weighted by atomic mass is 10.0. The number of hydrogen-bond donors (Lipinski definition) is 0. The van der Waals surface area contributed by atoms with Gasteiger partial charge in [-0.3, -0.25) is 4.79 Å². The molecule has 3 aromatic rings. The Morgan fingerprint density at radius 2 is 1.72 bits per heavy atom. The molecular weight excluding hydrogens is 443 g/mol. The van der Waals surface area contributed by atoms with Crippen molar-refractivity contribution < 1.29 is 4.79 Å². The summed E-state index contributed by atoms with van der Waals surface area (Å²) in [6.07, 6.45) is 1.61. The monoisotopic (exact) mass is 468 g/mol. The van der Waals surface area contributed by atoms with Gasteiger partial charge in [0.1, 0.15) is 11.6 Å². The summed E-state index contributed by atoms with van der Waals surface area (Å²) < 4.78 is 0. The summed E-state index contributed by atoms with van der Waals surface area (Å²) >= 11 is 12.1. The minimum Gasteiger partial charge on any atom is -0.354 e. The van der Waals surface area contributed by atoms with Gasteiger partial charge in [0.15, 0.2) is 0 Å². The fourth-order valence-electron chi connectivity index (χ4n) is 4.13. The molecule has 0 bridgehead atoms. The summed E-state index contributed by atoms with van der Waals surface area (Å²) in [5.74, 6) is 1.74. The molecule has 0 spiro atoms. The maximum atomic E-state index is 13.0. The number of rotatable bonds is 4. The fraction of sp³-hybridized carbons (Fsp3) is 0.320. The molecule has 0 radical (unpaired) electrons. The summed E-state index contributed by atoms with van der Waals surface area (Å²) in [7, 11) is 0. The summed E-state index contributed by atoms with van der Waals surface area (Å²) in [5, 5.41) is 1.30. The predicted molar refractivity (Wildman–Crippen MR) is 130 cm³/mol. The molecule has 0 aliphatic carbocycles. The first-order valence-corrected chi connectivity index (χ1v) is 11.5. The number of amides is 1. The van der Waals surface area contributed by atoms with Crippen molar-refractivity contribution in [1.29, 1.82) is 0 Å². The molecule has 1 aliphatic heterocycles. The molecule has 1 aliphatic rings. The summed E-state index contributed by atoms with van der Waals surface area (Å²) in [6, 6.07) is 15.0. The van der Waals surface area contributed by atoms with E-state index in [1.54, 1.807) is 12.1 Å². The quantitative estimate of drug-likeness (QED) is 0.518. The lowest BCUT2D eigenvalue weighted by Crippen LogP contribution is -2.35. The smallest absolute Gasteiger partial charge is 0.253 e. The van der Waals surface area contributed by atoms with Crippen molar-refractivity contribution in [2.24, 2.45) is 0 Å². The number of aryl methyl sites for hydroxylation is 2. The third kappa shape index (κ3) is 5.22. The SMILES string of the molecule is Cc1nc(C)c(Cc2ccc(Cl)cc2)c(N2CCCN(C(=O)c3cccc(Cl)c3)CC2)n1. The summed E-state index contributed by atoms with van der Waals surface area (Å²) in [6.45, 7) is 6.86. The van der Waals surface area contributed by atoms with Crippen LogP contribution in [0.3, 0.4) is 0 Å². The molecule has 4 rings (SSSR count). The van der Waals surface area contributed by atoms with Gasteiger partial charge in [-0.1, -0.05) is 41.4 Å². The molecule has 1 fully saturated rings. The first-order chi connectivity index (χ1) is 15.4. The van der Waals surface area contributed by atoms with Gasteiger partial charge in [-0.15, -0.1) is 0 Å². The number of carbonyl (C=O) groups excluding carboxylic acids is 1. The Bertz CT molecular complexity index is 1120. The van der Waals surface area contributed by atoms with Gasteiger partial charge in [0.25, 0.3) is 5.91 Å². The van der Waals surface area contributed by atoms with Crippen molar-refractivity contribution in [1.82, 2.24) is 14.9 Å². The van der Waals surface area contributed by atoms with E-state index in [1.807, 2.05) is 55.1 Å². The first-order valence-electron chi connectivity index (χ1n) is 10.8. The molecule has 1 amide bonds. The van der Waals surface area contributed by atoms with Crippen LogP contribution in [0.15, 0.2) is 48.5 Å². The molecule has 2 heterocycles. The predicted octanol–water partition coefficient (Wildman–Crippen LogP) is 5.34. The Kier molecular flexibility index (Phi) is 6.97. The van der Waals surface area contributed by atoms with E-state index in [2.05, 4.69) is 9.88 Å². The van der Waals surface area contributed by atoms with E-state index in [0.717, 1.165) is 53.9 Å². The van der Waals surface area contributed by atoms with Gasteiger partial charge in [-0.25, -0.2) is 9.97 Å². The number of carbonyl (C=O) groups is 1. The van der Waals surface area contributed by atoms with E-state index in [-0.39, 0.29) is 5.91 Å². The third-order valence-corrected chi connectivity index (χ3v) is 6.24. The minimum atomic E-state index is 0.0192. The van der Waals surface area contributed by atoms with Crippen molar-refractivity contribution in [2.75, 3.05) is 31.1 Å². The lowest BCUT2D eigenvalue weighted by Gasteiger charge is -2.26. The van der Waals surface area contributed by atoms with Crippen LogP contribution in [0.1, 0.15) is 39.4 Å².